The van der Waals surface area contributed by atoms with Crippen LogP contribution in [0.1, 0.15) is 64.7 Å². The van der Waals surface area contributed by atoms with Crippen molar-refractivity contribution in [2.24, 2.45) is 0 Å². The number of rotatable bonds is 10. The van der Waals surface area contributed by atoms with Gasteiger partial charge in [0.15, 0.2) is 0 Å². The van der Waals surface area contributed by atoms with Crippen molar-refractivity contribution in [3.63, 3.8) is 0 Å². The third-order valence-electron chi connectivity index (χ3n) is 3.49. The van der Waals surface area contributed by atoms with Crippen LogP contribution < -0.4 is 49.6 Å². The summed E-state index contributed by atoms with van der Waals surface area (Å²) < 4.78 is 0. The molecule has 0 aromatic heterocycles. The first kappa shape index (κ1) is 34.5. The van der Waals surface area contributed by atoms with Gasteiger partial charge in [-0.25, -0.2) is 0 Å². The van der Waals surface area contributed by atoms with Crippen LogP contribution in [-0.4, -0.2) is 30.1 Å². The van der Waals surface area contributed by atoms with E-state index >= 15 is 0 Å². The van der Waals surface area contributed by atoms with Crippen LogP contribution in [0.25, 0.3) is 0 Å². The van der Waals surface area contributed by atoms with Gasteiger partial charge in [0.1, 0.15) is 0 Å². The number of hydrogen-bond acceptors (Lipinski definition) is 2. The fraction of sp³-hybridized carbons (Fsp3) is 0.867. The summed E-state index contributed by atoms with van der Waals surface area (Å²) in [5.74, 6) is 0. The van der Waals surface area contributed by atoms with Crippen LogP contribution in [0, 0.1) is 0 Å². The Morgan fingerprint density at radius 1 is 0.727 bits per heavy atom. The van der Waals surface area contributed by atoms with E-state index in [0.29, 0.717) is 0 Å². The maximum atomic E-state index is 2.40. The SMILES string of the molecule is CCCCCCCCCCCN1C=CN(C)C1.[Cl-].[Cl-].[Cl-].[Cl-].[Ti+4]. The average molecular weight is 428 g/mol. The maximum Gasteiger partial charge on any atom is 4.00 e. The van der Waals surface area contributed by atoms with Gasteiger partial charge in [0.2, 0.25) is 0 Å². The van der Waals surface area contributed by atoms with E-state index in [-0.39, 0.29) is 71.3 Å². The number of halogens is 4. The van der Waals surface area contributed by atoms with Crippen molar-refractivity contribution in [2.45, 2.75) is 64.7 Å². The summed E-state index contributed by atoms with van der Waals surface area (Å²) in [5, 5.41) is 0. The summed E-state index contributed by atoms with van der Waals surface area (Å²) in [5.41, 5.74) is 0. The first-order chi connectivity index (χ1) is 8.33. The van der Waals surface area contributed by atoms with Crippen LogP contribution in [0.2, 0.25) is 0 Å². The van der Waals surface area contributed by atoms with E-state index in [1.54, 1.807) is 0 Å². The summed E-state index contributed by atoms with van der Waals surface area (Å²) in [6.07, 6.45) is 17.1. The molecular weight excluding hydrogens is 398 g/mol. The Morgan fingerprint density at radius 2 is 1.18 bits per heavy atom. The van der Waals surface area contributed by atoms with Crippen molar-refractivity contribution >= 4 is 0 Å². The fourth-order valence-electron chi connectivity index (χ4n) is 2.36. The third-order valence-corrected chi connectivity index (χ3v) is 3.49. The Balaban J connectivity index is -0.000000193. The van der Waals surface area contributed by atoms with Gasteiger partial charge in [-0.15, -0.1) is 0 Å². The molecule has 1 heterocycles. The maximum absolute atomic E-state index is 2.40. The van der Waals surface area contributed by atoms with Crippen LogP contribution in [-0.2, 0) is 21.7 Å². The molecule has 0 amide bonds. The first-order valence-corrected chi connectivity index (χ1v) is 7.45. The molecule has 0 fully saturated rings. The molecule has 0 N–H and O–H groups in total. The molecule has 0 unspecified atom stereocenters. The zero-order valence-corrected chi connectivity index (χ0v) is 18.4. The fourth-order valence-corrected chi connectivity index (χ4v) is 2.36. The van der Waals surface area contributed by atoms with Gasteiger partial charge in [0, 0.05) is 26.0 Å². The summed E-state index contributed by atoms with van der Waals surface area (Å²) in [6.45, 7) is 4.60. The summed E-state index contributed by atoms with van der Waals surface area (Å²) in [4.78, 5) is 4.63. The average Bonchev–Trinajstić information content (AvgIpc) is 2.73. The molecule has 0 saturated heterocycles. The molecule has 2 nitrogen and oxygen atoms in total. The zero-order valence-electron chi connectivity index (χ0n) is 13.8. The van der Waals surface area contributed by atoms with E-state index in [9.17, 15) is 0 Å². The van der Waals surface area contributed by atoms with Crippen molar-refractivity contribution in [3.05, 3.63) is 12.4 Å². The van der Waals surface area contributed by atoms with Crippen LogP contribution in [0.4, 0.5) is 0 Å². The molecule has 22 heavy (non-hydrogen) atoms. The summed E-state index contributed by atoms with van der Waals surface area (Å²) >= 11 is 0. The first-order valence-electron chi connectivity index (χ1n) is 7.45. The molecule has 1 aliphatic rings. The van der Waals surface area contributed by atoms with Gasteiger partial charge < -0.3 is 59.4 Å². The molecule has 0 aliphatic carbocycles. The van der Waals surface area contributed by atoms with E-state index in [1.807, 2.05) is 0 Å². The number of hydrogen-bond donors (Lipinski definition) is 0. The molecule has 0 aromatic carbocycles. The minimum atomic E-state index is 0. The smallest absolute Gasteiger partial charge is 1.00 e. The molecular formula is C15H30Cl4N2Ti. The molecule has 0 atom stereocenters. The molecule has 132 valence electrons. The molecule has 0 spiro atoms. The van der Waals surface area contributed by atoms with Crippen molar-refractivity contribution in [1.29, 1.82) is 0 Å². The van der Waals surface area contributed by atoms with Crippen molar-refractivity contribution < 1.29 is 71.3 Å². The Labute approximate surface area is 177 Å². The van der Waals surface area contributed by atoms with Gasteiger partial charge >= 0.3 is 21.7 Å². The summed E-state index contributed by atoms with van der Waals surface area (Å²) in [7, 11) is 2.13. The van der Waals surface area contributed by atoms with Gasteiger partial charge in [-0.05, 0) is 6.42 Å². The Bertz CT molecular complexity index is 222. The monoisotopic (exact) mass is 426 g/mol. The number of unbranched alkanes of at least 4 members (excludes halogenated alkanes) is 8. The van der Waals surface area contributed by atoms with E-state index in [1.165, 1.54) is 64.3 Å². The second kappa shape index (κ2) is 24.5. The van der Waals surface area contributed by atoms with Crippen LogP contribution >= 0.6 is 0 Å². The molecule has 0 bridgehead atoms. The zero-order chi connectivity index (χ0) is 12.3. The minimum Gasteiger partial charge on any atom is -1.00 e. The third kappa shape index (κ3) is 19.3. The van der Waals surface area contributed by atoms with E-state index in [0.717, 1.165) is 6.67 Å². The van der Waals surface area contributed by atoms with Crippen molar-refractivity contribution in [2.75, 3.05) is 20.3 Å². The van der Waals surface area contributed by atoms with E-state index in [2.05, 4.69) is 36.2 Å². The van der Waals surface area contributed by atoms with Gasteiger partial charge in [-0.2, -0.15) is 0 Å². The van der Waals surface area contributed by atoms with E-state index < -0.39 is 0 Å². The van der Waals surface area contributed by atoms with Crippen LogP contribution in [0.3, 0.4) is 0 Å². The largest absolute Gasteiger partial charge is 4.00 e. The Kier molecular flexibility index (Phi) is 38.4. The Hall–Kier alpha value is 1.21. The summed E-state index contributed by atoms with van der Waals surface area (Å²) in [6, 6.07) is 0. The van der Waals surface area contributed by atoms with Gasteiger partial charge in [-0.3, -0.25) is 0 Å². The van der Waals surface area contributed by atoms with Gasteiger partial charge in [0.05, 0.1) is 6.67 Å². The standard InChI is InChI=1S/C15H30N2.4ClH.Ti/c1-3-4-5-6-7-8-9-10-11-12-17-14-13-16(2)15-17;;;;;/h13-14H,3-12,15H2,1-2H3;4*1H;/q;;;;;+4/p-4. The second-order valence-corrected chi connectivity index (χ2v) is 5.34. The predicted octanol–water partition coefficient (Wildman–Crippen LogP) is -7.79. The molecule has 1 rings (SSSR count). The van der Waals surface area contributed by atoms with Crippen LogP contribution in [0.15, 0.2) is 12.4 Å². The predicted molar refractivity (Wildman–Crippen MR) is 75.7 cm³/mol. The quantitative estimate of drug-likeness (QED) is 0.252. The van der Waals surface area contributed by atoms with Crippen molar-refractivity contribution in [3.8, 4) is 0 Å². The van der Waals surface area contributed by atoms with Gasteiger partial charge in [-0.1, -0.05) is 58.3 Å². The van der Waals surface area contributed by atoms with Crippen molar-refractivity contribution in [1.82, 2.24) is 9.80 Å². The molecule has 0 aromatic rings. The molecule has 1 aliphatic heterocycles. The molecule has 0 radical (unpaired) electrons. The minimum absolute atomic E-state index is 0. The number of nitrogens with zero attached hydrogens (tertiary/aromatic N) is 2. The molecule has 0 saturated carbocycles. The second-order valence-electron chi connectivity index (χ2n) is 5.34. The van der Waals surface area contributed by atoms with E-state index in [4.69, 9.17) is 0 Å². The van der Waals surface area contributed by atoms with Crippen LogP contribution in [0.5, 0.6) is 0 Å². The topological polar surface area (TPSA) is 6.48 Å². The Morgan fingerprint density at radius 3 is 1.59 bits per heavy atom. The normalized spacial score (nSPS) is 11.5. The molecule has 7 heteroatoms. The van der Waals surface area contributed by atoms with Gasteiger partial charge in [0.25, 0.3) is 0 Å².